The first-order valence-electron chi connectivity index (χ1n) is 11.7. The van der Waals surface area contributed by atoms with Crippen LogP contribution in [0.2, 0.25) is 5.15 Å². The van der Waals surface area contributed by atoms with Gasteiger partial charge in [-0.25, -0.2) is 9.97 Å². The standard InChI is InChI=1S/C22H25ClN6O2/c1-28-11-15(21(27-28)18-10-20(23)26-22(24)25-18)8-14-4-2-3-5-19(14)30-7-6-29-12-17-9-16(29)13-31-17/h2-5,10-11,16-17H,6-9,12-13H2,1H3,(H2,24,25,26)/t16-,17-/m1/s1/i1D3. The lowest BCUT2D eigenvalue weighted by atomic mass is 10.0. The highest BCUT2D eigenvalue weighted by Crippen LogP contribution is 2.29. The Bertz CT molecular complexity index is 1170. The van der Waals surface area contributed by atoms with Crippen LogP contribution < -0.4 is 10.5 Å². The molecular formula is C22H25ClN6O2. The van der Waals surface area contributed by atoms with Gasteiger partial charge in [-0.1, -0.05) is 29.8 Å². The van der Waals surface area contributed by atoms with Crippen LogP contribution in [0, 0.1) is 0 Å². The smallest absolute Gasteiger partial charge is 0.222 e. The summed E-state index contributed by atoms with van der Waals surface area (Å²) >= 11 is 6.06. The third kappa shape index (κ3) is 4.37. The largest absolute Gasteiger partial charge is 0.492 e. The van der Waals surface area contributed by atoms with Gasteiger partial charge in [-0.2, -0.15) is 5.10 Å². The number of fused-ring (bicyclic) bond motifs is 2. The molecule has 2 fully saturated rings. The molecule has 4 heterocycles. The van der Waals surface area contributed by atoms with E-state index in [0.29, 0.717) is 42.1 Å². The molecule has 0 spiro atoms. The zero-order valence-electron chi connectivity index (χ0n) is 19.9. The second-order valence-corrected chi connectivity index (χ2v) is 8.24. The number of rotatable bonds is 7. The molecule has 2 aromatic heterocycles. The van der Waals surface area contributed by atoms with Gasteiger partial charge in [-0.3, -0.25) is 9.58 Å². The van der Waals surface area contributed by atoms with Gasteiger partial charge in [0.25, 0.3) is 0 Å². The van der Waals surface area contributed by atoms with E-state index in [9.17, 15) is 0 Å². The van der Waals surface area contributed by atoms with Gasteiger partial charge < -0.3 is 15.2 Å². The lowest BCUT2D eigenvalue weighted by molar-refractivity contribution is 0.0257. The third-order valence-electron chi connectivity index (χ3n) is 5.75. The van der Waals surface area contributed by atoms with Gasteiger partial charge in [0.1, 0.15) is 23.2 Å². The normalized spacial score (nSPS) is 22.3. The summed E-state index contributed by atoms with van der Waals surface area (Å²) in [5.41, 5.74) is 8.08. The summed E-state index contributed by atoms with van der Waals surface area (Å²) in [4.78, 5) is 10.5. The number of nitrogens with zero attached hydrogens (tertiary/aromatic N) is 5. The molecule has 2 saturated heterocycles. The highest BCUT2D eigenvalue weighted by molar-refractivity contribution is 6.29. The Labute approximate surface area is 190 Å². The zero-order chi connectivity index (χ0) is 23.9. The van der Waals surface area contributed by atoms with E-state index in [-0.39, 0.29) is 11.1 Å². The van der Waals surface area contributed by atoms with E-state index < -0.39 is 6.98 Å². The van der Waals surface area contributed by atoms with Crippen molar-refractivity contribution in [2.75, 3.05) is 32.0 Å². The Kier molecular flexibility index (Phi) is 4.62. The summed E-state index contributed by atoms with van der Waals surface area (Å²) in [5, 5.41) is 4.44. The Morgan fingerprint density at radius 2 is 2.23 bits per heavy atom. The van der Waals surface area contributed by atoms with E-state index in [1.54, 1.807) is 0 Å². The first kappa shape index (κ1) is 16.9. The molecule has 0 aliphatic carbocycles. The highest BCUT2D eigenvalue weighted by Gasteiger charge is 2.38. The van der Waals surface area contributed by atoms with Gasteiger partial charge in [0, 0.05) is 54.5 Å². The summed E-state index contributed by atoms with van der Waals surface area (Å²) < 4.78 is 36.1. The van der Waals surface area contributed by atoms with Gasteiger partial charge in [0.15, 0.2) is 0 Å². The number of para-hydroxylation sites is 1. The topological polar surface area (TPSA) is 91.3 Å². The monoisotopic (exact) mass is 443 g/mol. The molecule has 2 aliphatic heterocycles. The Morgan fingerprint density at radius 1 is 1.32 bits per heavy atom. The van der Waals surface area contributed by atoms with E-state index in [0.717, 1.165) is 42.1 Å². The minimum Gasteiger partial charge on any atom is -0.492 e. The van der Waals surface area contributed by atoms with Gasteiger partial charge >= 0.3 is 0 Å². The fraction of sp³-hybridized carbons (Fsp3) is 0.409. The van der Waals surface area contributed by atoms with Gasteiger partial charge in [-0.15, -0.1) is 0 Å². The van der Waals surface area contributed by atoms with Crippen molar-refractivity contribution in [3.8, 4) is 17.1 Å². The number of morpholine rings is 1. The fourth-order valence-corrected chi connectivity index (χ4v) is 4.52. The van der Waals surface area contributed by atoms with Crippen LogP contribution in [0.3, 0.4) is 0 Å². The van der Waals surface area contributed by atoms with Crippen molar-refractivity contribution in [3.05, 3.63) is 52.8 Å². The Balaban J connectivity index is 1.38. The molecule has 0 amide bonds. The van der Waals surface area contributed by atoms with Crippen LogP contribution in [0.25, 0.3) is 11.4 Å². The number of hydrogen-bond donors (Lipinski definition) is 1. The van der Waals surface area contributed by atoms with Crippen molar-refractivity contribution in [1.82, 2.24) is 24.6 Å². The molecule has 0 unspecified atom stereocenters. The summed E-state index contributed by atoms with van der Waals surface area (Å²) in [7, 11) is 0. The number of likely N-dealkylation sites (tertiary alicyclic amines) is 1. The molecule has 5 rings (SSSR count). The predicted octanol–water partition coefficient (Wildman–Crippen LogP) is 2.56. The van der Waals surface area contributed by atoms with E-state index >= 15 is 0 Å². The van der Waals surface area contributed by atoms with Gasteiger partial charge in [-0.05, 0) is 18.1 Å². The van der Waals surface area contributed by atoms with Crippen molar-refractivity contribution in [2.24, 2.45) is 6.98 Å². The Morgan fingerprint density at radius 3 is 3.00 bits per heavy atom. The van der Waals surface area contributed by atoms with Gasteiger partial charge in [0.05, 0.1) is 18.4 Å². The lowest BCUT2D eigenvalue weighted by Gasteiger charge is -2.26. The quantitative estimate of drug-likeness (QED) is 0.561. The SMILES string of the molecule is [2H]C([2H])([2H])n1cc(Cc2ccccc2OCCN2C[C@H]3C[C@@H]2CO3)c(-c2cc(Cl)nc(N)n2)n1. The molecule has 8 nitrogen and oxygen atoms in total. The minimum atomic E-state index is -2.44. The summed E-state index contributed by atoms with van der Waals surface area (Å²) in [6.45, 7) is 0.705. The van der Waals surface area contributed by atoms with Crippen molar-refractivity contribution < 1.29 is 13.6 Å². The number of halogens is 1. The molecule has 1 aromatic carbocycles. The van der Waals surface area contributed by atoms with E-state index in [1.165, 1.54) is 12.3 Å². The highest BCUT2D eigenvalue weighted by atomic mass is 35.5. The molecule has 0 saturated carbocycles. The molecule has 162 valence electrons. The molecule has 3 aromatic rings. The first-order valence-corrected chi connectivity index (χ1v) is 10.6. The zero-order valence-corrected chi connectivity index (χ0v) is 17.6. The van der Waals surface area contributed by atoms with E-state index in [4.69, 9.17) is 30.9 Å². The van der Waals surface area contributed by atoms with E-state index in [2.05, 4.69) is 20.0 Å². The molecule has 2 atom stereocenters. The fourth-order valence-electron chi connectivity index (χ4n) is 4.33. The van der Waals surface area contributed by atoms with Crippen molar-refractivity contribution in [1.29, 1.82) is 0 Å². The summed E-state index contributed by atoms with van der Waals surface area (Å²) in [6.07, 6.45) is 3.36. The molecular weight excluding hydrogens is 416 g/mol. The molecule has 0 radical (unpaired) electrons. The maximum Gasteiger partial charge on any atom is 0.222 e. The molecule has 31 heavy (non-hydrogen) atoms. The van der Waals surface area contributed by atoms with E-state index in [1.807, 2.05) is 24.3 Å². The number of nitrogens with two attached hydrogens (primary N) is 1. The lowest BCUT2D eigenvalue weighted by Crippen LogP contribution is -2.39. The van der Waals surface area contributed by atoms with Crippen LogP contribution >= 0.6 is 11.6 Å². The molecule has 2 aliphatic rings. The Hall–Kier alpha value is -2.68. The van der Waals surface area contributed by atoms with Crippen LogP contribution in [0.4, 0.5) is 5.95 Å². The van der Waals surface area contributed by atoms with Crippen LogP contribution in [0.1, 0.15) is 21.7 Å². The third-order valence-corrected chi connectivity index (χ3v) is 5.94. The number of hydrogen-bond acceptors (Lipinski definition) is 7. The van der Waals surface area contributed by atoms with Crippen molar-refractivity contribution in [3.63, 3.8) is 0 Å². The maximum atomic E-state index is 7.77. The second kappa shape index (κ2) is 8.45. The van der Waals surface area contributed by atoms with Crippen molar-refractivity contribution in [2.45, 2.75) is 25.0 Å². The average Bonchev–Trinajstić information content (AvgIpc) is 3.50. The molecule has 2 bridgehead atoms. The van der Waals surface area contributed by atoms with Crippen LogP contribution in [-0.2, 0) is 18.1 Å². The number of anilines is 1. The molecule has 9 heteroatoms. The number of nitrogen functional groups attached to an aromatic ring is 1. The number of aryl methyl sites for hydroxylation is 1. The predicted molar refractivity (Wildman–Crippen MR) is 118 cm³/mol. The number of ether oxygens (including phenoxy) is 2. The second-order valence-electron chi connectivity index (χ2n) is 7.85. The average molecular weight is 444 g/mol. The van der Waals surface area contributed by atoms with Crippen LogP contribution in [0.5, 0.6) is 5.75 Å². The summed E-state index contributed by atoms with van der Waals surface area (Å²) in [6, 6.07) is 9.72. The number of aromatic nitrogens is 4. The maximum absolute atomic E-state index is 7.77. The number of benzene rings is 1. The summed E-state index contributed by atoms with van der Waals surface area (Å²) in [5.74, 6) is 0.734. The van der Waals surface area contributed by atoms with Crippen LogP contribution in [0.15, 0.2) is 36.5 Å². The van der Waals surface area contributed by atoms with Gasteiger partial charge in [0.2, 0.25) is 5.95 Å². The minimum absolute atomic E-state index is 0.0124. The molecule has 2 N–H and O–H groups in total. The van der Waals surface area contributed by atoms with Crippen molar-refractivity contribution >= 4 is 17.5 Å². The van der Waals surface area contributed by atoms with Crippen LogP contribution in [-0.4, -0.2) is 63.1 Å². The first-order chi connectivity index (χ1) is 16.3.